The molecule has 2 rings (SSSR count). The lowest BCUT2D eigenvalue weighted by molar-refractivity contribution is 0.213. The molecule has 2 unspecified atom stereocenters. The summed E-state index contributed by atoms with van der Waals surface area (Å²) in [4.78, 5) is 0. The molecule has 0 fully saturated rings. The van der Waals surface area contributed by atoms with Crippen molar-refractivity contribution in [1.29, 1.82) is 0 Å². The average Bonchev–Trinajstić information content (AvgIpc) is 2.75. The first-order chi connectivity index (χ1) is 9.41. The molecule has 4 heteroatoms. The molecule has 2 atom stereocenters. The Hall–Kier alpha value is -0.900. The van der Waals surface area contributed by atoms with Gasteiger partial charge in [-0.05, 0) is 43.1 Å². The van der Waals surface area contributed by atoms with Crippen molar-refractivity contribution in [3.05, 3.63) is 11.6 Å². The molecule has 1 aromatic heterocycles. The van der Waals surface area contributed by atoms with Gasteiger partial charge in [-0.1, -0.05) is 27.7 Å². The van der Waals surface area contributed by atoms with Gasteiger partial charge in [0.2, 0.25) is 0 Å². The van der Waals surface area contributed by atoms with Gasteiger partial charge in [0, 0.05) is 19.4 Å². The summed E-state index contributed by atoms with van der Waals surface area (Å²) < 4.78 is 2.35. The summed E-state index contributed by atoms with van der Waals surface area (Å²) in [6.07, 6.45) is 5.63. The SMILES string of the molecule is CC1CCn2c(CCC(CCN)C(C)(C)C)nnc2C1. The summed E-state index contributed by atoms with van der Waals surface area (Å²) in [7, 11) is 0. The van der Waals surface area contributed by atoms with Crippen LogP contribution in [0.3, 0.4) is 0 Å². The van der Waals surface area contributed by atoms with Crippen LogP contribution in [0.4, 0.5) is 0 Å². The van der Waals surface area contributed by atoms with Gasteiger partial charge < -0.3 is 10.3 Å². The molecule has 4 nitrogen and oxygen atoms in total. The maximum atomic E-state index is 5.77. The Balaban J connectivity index is 2.00. The fraction of sp³-hybridized carbons (Fsp3) is 0.875. The normalized spacial score (nSPS) is 20.8. The van der Waals surface area contributed by atoms with E-state index in [1.54, 1.807) is 0 Å². The van der Waals surface area contributed by atoms with Gasteiger partial charge in [0.1, 0.15) is 11.6 Å². The van der Waals surface area contributed by atoms with Crippen molar-refractivity contribution >= 4 is 0 Å². The van der Waals surface area contributed by atoms with Crippen LogP contribution in [0, 0.1) is 17.3 Å². The van der Waals surface area contributed by atoms with E-state index in [9.17, 15) is 0 Å². The van der Waals surface area contributed by atoms with Gasteiger partial charge in [0.25, 0.3) is 0 Å². The zero-order chi connectivity index (χ0) is 14.8. The fourth-order valence-corrected chi connectivity index (χ4v) is 3.24. The van der Waals surface area contributed by atoms with Crippen molar-refractivity contribution < 1.29 is 0 Å². The van der Waals surface area contributed by atoms with E-state index in [0.717, 1.165) is 44.7 Å². The lowest BCUT2D eigenvalue weighted by atomic mass is 9.76. The van der Waals surface area contributed by atoms with Gasteiger partial charge in [-0.15, -0.1) is 10.2 Å². The second kappa shape index (κ2) is 6.25. The largest absolute Gasteiger partial charge is 0.330 e. The molecule has 2 N–H and O–H groups in total. The van der Waals surface area contributed by atoms with E-state index in [1.165, 1.54) is 18.1 Å². The number of hydrogen-bond donors (Lipinski definition) is 1. The zero-order valence-corrected chi connectivity index (χ0v) is 13.5. The Labute approximate surface area is 123 Å². The van der Waals surface area contributed by atoms with Crippen LogP contribution < -0.4 is 5.73 Å². The molecule has 1 aliphatic rings. The van der Waals surface area contributed by atoms with Gasteiger partial charge in [-0.2, -0.15) is 0 Å². The first kappa shape index (κ1) is 15.5. The first-order valence-corrected chi connectivity index (χ1v) is 8.03. The van der Waals surface area contributed by atoms with E-state index in [-0.39, 0.29) is 0 Å². The summed E-state index contributed by atoms with van der Waals surface area (Å²) in [6.45, 7) is 11.1. The number of fused-ring (bicyclic) bond motifs is 1. The number of rotatable bonds is 5. The maximum Gasteiger partial charge on any atom is 0.133 e. The van der Waals surface area contributed by atoms with E-state index in [4.69, 9.17) is 5.73 Å². The Kier molecular flexibility index (Phi) is 4.84. The Bertz CT molecular complexity index is 430. The van der Waals surface area contributed by atoms with Crippen LogP contribution in [0.1, 0.15) is 58.6 Å². The highest BCUT2D eigenvalue weighted by Gasteiger charge is 2.25. The van der Waals surface area contributed by atoms with Gasteiger partial charge in [0.15, 0.2) is 0 Å². The Morgan fingerprint density at radius 2 is 2.05 bits per heavy atom. The highest BCUT2D eigenvalue weighted by atomic mass is 15.3. The van der Waals surface area contributed by atoms with Crippen LogP contribution in [-0.4, -0.2) is 21.3 Å². The van der Waals surface area contributed by atoms with Gasteiger partial charge in [-0.25, -0.2) is 0 Å². The molecule has 2 heterocycles. The van der Waals surface area contributed by atoms with E-state index >= 15 is 0 Å². The second-order valence-corrected chi connectivity index (χ2v) is 7.46. The van der Waals surface area contributed by atoms with Gasteiger partial charge >= 0.3 is 0 Å². The topological polar surface area (TPSA) is 56.7 Å². The van der Waals surface area contributed by atoms with Crippen molar-refractivity contribution in [2.45, 2.75) is 66.3 Å². The number of nitrogens with zero attached hydrogens (tertiary/aromatic N) is 3. The predicted molar refractivity (Wildman–Crippen MR) is 82.4 cm³/mol. The third-order valence-corrected chi connectivity index (χ3v) is 4.74. The van der Waals surface area contributed by atoms with Crippen molar-refractivity contribution in [1.82, 2.24) is 14.8 Å². The number of nitrogens with two attached hydrogens (primary N) is 1. The van der Waals surface area contributed by atoms with Crippen LogP contribution in [0.15, 0.2) is 0 Å². The maximum absolute atomic E-state index is 5.77. The van der Waals surface area contributed by atoms with Crippen molar-refractivity contribution in [2.75, 3.05) is 6.54 Å². The molecule has 20 heavy (non-hydrogen) atoms. The number of aryl methyl sites for hydroxylation is 1. The Morgan fingerprint density at radius 1 is 1.30 bits per heavy atom. The van der Waals surface area contributed by atoms with Crippen LogP contribution >= 0.6 is 0 Å². The fourth-order valence-electron chi connectivity index (χ4n) is 3.24. The monoisotopic (exact) mass is 278 g/mol. The Morgan fingerprint density at radius 3 is 2.70 bits per heavy atom. The highest BCUT2D eigenvalue weighted by Crippen LogP contribution is 2.32. The molecule has 0 radical (unpaired) electrons. The molecule has 0 amide bonds. The molecular weight excluding hydrogens is 248 g/mol. The summed E-state index contributed by atoms with van der Waals surface area (Å²) in [5, 5.41) is 8.81. The van der Waals surface area contributed by atoms with Crippen LogP contribution in [-0.2, 0) is 19.4 Å². The second-order valence-electron chi connectivity index (χ2n) is 7.46. The molecule has 0 bridgehead atoms. The lowest BCUT2D eigenvalue weighted by Gasteiger charge is -2.30. The number of hydrogen-bond acceptors (Lipinski definition) is 3. The predicted octanol–water partition coefficient (Wildman–Crippen LogP) is 2.80. The number of aromatic nitrogens is 3. The molecule has 0 aliphatic carbocycles. The van der Waals surface area contributed by atoms with Crippen LogP contribution in [0.25, 0.3) is 0 Å². The summed E-state index contributed by atoms with van der Waals surface area (Å²) in [6, 6.07) is 0. The highest BCUT2D eigenvalue weighted by molar-refractivity contribution is 5.00. The van der Waals surface area contributed by atoms with Crippen molar-refractivity contribution in [2.24, 2.45) is 23.0 Å². The molecule has 0 saturated heterocycles. The zero-order valence-electron chi connectivity index (χ0n) is 13.5. The van der Waals surface area contributed by atoms with E-state index in [2.05, 4.69) is 42.5 Å². The standard InChI is InChI=1S/C16H30N4/c1-12-8-10-20-14(18-19-15(20)11-12)6-5-13(7-9-17)16(2,3)4/h12-13H,5-11,17H2,1-4H3. The van der Waals surface area contributed by atoms with Gasteiger partial charge in [0.05, 0.1) is 0 Å². The molecule has 0 saturated carbocycles. The first-order valence-electron chi connectivity index (χ1n) is 8.03. The van der Waals surface area contributed by atoms with E-state index < -0.39 is 0 Å². The molecule has 114 valence electrons. The molecule has 1 aliphatic heterocycles. The molecular formula is C16H30N4. The smallest absolute Gasteiger partial charge is 0.133 e. The van der Waals surface area contributed by atoms with Crippen LogP contribution in [0.5, 0.6) is 0 Å². The quantitative estimate of drug-likeness (QED) is 0.901. The summed E-state index contributed by atoms with van der Waals surface area (Å²) >= 11 is 0. The van der Waals surface area contributed by atoms with Crippen molar-refractivity contribution in [3.63, 3.8) is 0 Å². The molecule has 0 aromatic carbocycles. The summed E-state index contributed by atoms with van der Waals surface area (Å²) in [5.74, 6) is 3.77. The molecule has 1 aromatic rings. The average molecular weight is 278 g/mol. The van der Waals surface area contributed by atoms with E-state index in [1.807, 2.05) is 0 Å². The van der Waals surface area contributed by atoms with Gasteiger partial charge in [-0.3, -0.25) is 0 Å². The van der Waals surface area contributed by atoms with E-state index in [0.29, 0.717) is 11.3 Å². The lowest BCUT2D eigenvalue weighted by Crippen LogP contribution is -2.25. The van der Waals surface area contributed by atoms with Crippen LogP contribution in [0.2, 0.25) is 0 Å². The minimum Gasteiger partial charge on any atom is -0.330 e. The van der Waals surface area contributed by atoms with Crippen molar-refractivity contribution in [3.8, 4) is 0 Å². The summed E-state index contributed by atoms with van der Waals surface area (Å²) in [5.41, 5.74) is 6.09. The third kappa shape index (κ3) is 3.60. The minimum atomic E-state index is 0.318. The minimum absolute atomic E-state index is 0.318. The third-order valence-electron chi connectivity index (χ3n) is 4.74. The molecule has 0 spiro atoms.